The van der Waals surface area contributed by atoms with Crippen molar-refractivity contribution in [2.24, 2.45) is 17.3 Å². The number of carbonyl (C=O) groups is 3. The molecule has 2 atom stereocenters. The van der Waals surface area contributed by atoms with E-state index in [1.807, 2.05) is 45.0 Å². The van der Waals surface area contributed by atoms with Gasteiger partial charge in [-0.2, -0.15) is 0 Å². The van der Waals surface area contributed by atoms with Gasteiger partial charge in [-0.25, -0.2) is 4.79 Å². The van der Waals surface area contributed by atoms with Crippen LogP contribution in [0.3, 0.4) is 0 Å². The molecule has 7 nitrogen and oxygen atoms in total. The number of nitrogens with zero attached hydrogens (tertiary/aromatic N) is 1. The molecule has 180 valence electrons. The first kappa shape index (κ1) is 23.8. The van der Waals surface area contributed by atoms with Crippen molar-refractivity contribution < 1.29 is 24.2 Å². The van der Waals surface area contributed by atoms with Crippen LogP contribution in [0, 0.1) is 17.3 Å². The average Bonchev–Trinajstić information content (AvgIpc) is 3.32. The minimum atomic E-state index is -0.884. The number of rotatable bonds is 7. The highest BCUT2D eigenvalue weighted by Crippen LogP contribution is 2.44. The number of amides is 2. The number of fused-ring (bicyclic) bond motifs is 3. The molecule has 0 bridgehead atoms. The second-order valence-electron chi connectivity index (χ2n) is 9.91. The summed E-state index contributed by atoms with van der Waals surface area (Å²) in [7, 11) is 0. The van der Waals surface area contributed by atoms with Crippen LogP contribution in [0.2, 0.25) is 0 Å². The Morgan fingerprint density at radius 3 is 2.21 bits per heavy atom. The van der Waals surface area contributed by atoms with E-state index in [1.165, 1.54) is 0 Å². The summed E-state index contributed by atoms with van der Waals surface area (Å²) >= 11 is 0. The molecule has 0 spiro atoms. The van der Waals surface area contributed by atoms with Crippen LogP contribution in [0.4, 0.5) is 4.79 Å². The smallest absolute Gasteiger partial charge is 0.407 e. The molecule has 4 rings (SSSR count). The number of alkyl carbamates (subject to hydrolysis) is 1. The summed E-state index contributed by atoms with van der Waals surface area (Å²) in [5, 5.41) is 12.2. The minimum Gasteiger partial charge on any atom is -0.481 e. The third-order valence-electron chi connectivity index (χ3n) is 7.23. The first-order valence-corrected chi connectivity index (χ1v) is 11.8. The van der Waals surface area contributed by atoms with Crippen molar-refractivity contribution in [1.82, 2.24) is 10.2 Å². The van der Waals surface area contributed by atoms with E-state index in [4.69, 9.17) is 4.74 Å². The molecule has 2 unspecified atom stereocenters. The maximum atomic E-state index is 13.0. The van der Waals surface area contributed by atoms with E-state index in [2.05, 4.69) is 29.6 Å². The average molecular weight is 465 g/mol. The molecule has 34 heavy (non-hydrogen) atoms. The van der Waals surface area contributed by atoms with Gasteiger partial charge in [0.25, 0.3) is 0 Å². The van der Waals surface area contributed by atoms with Gasteiger partial charge < -0.3 is 20.1 Å². The molecule has 0 saturated carbocycles. The fourth-order valence-corrected chi connectivity index (χ4v) is 5.23. The highest BCUT2D eigenvalue weighted by molar-refractivity contribution is 5.82. The second-order valence-corrected chi connectivity index (χ2v) is 9.91. The zero-order valence-corrected chi connectivity index (χ0v) is 19.9. The Labute approximate surface area is 200 Å². The first-order valence-electron chi connectivity index (χ1n) is 11.8. The molecule has 0 aromatic heterocycles. The van der Waals surface area contributed by atoms with Crippen molar-refractivity contribution in [3.63, 3.8) is 0 Å². The van der Waals surface area contributed by atoms with E-state index in [-0.39, 0.29) is 31.5 Å². The molecule has 1 aliphatic heterocycles. The summed E-state index contributed by atoms with van der Waals surface area (Å²) in [6.45, 7) is 6.58. The van der Waals surface area contributed by atoms with Crippen LogP contribution in [-0.4, -0.2) is 54.2 Å². The Kier molecular flexibility index (Phi) is 6.64. The Morgan fingerprint density at radius 1 is 1.09 bits per heavy atom. The van der Waals surface area contributed by atoms with Crippen LogP contribution >= 0.6 is 0 Å². The summed E-state index contributed by atoms with van der Waals surface area (Å²) in [6.07, 6.45) is -0.0183. The zero-order chi connectivity index (χ0) is 24.5. The zero-order valence-electron chi connectivity index (χ0n) is 19.9. The molecular formula is C27H32N2O5. The number of benzene rings is 2. The van der Waals surface area contributed by atoms with Gasteiger partial charge in [0.1, 0.15) is 6.61 Å². The number of carboxylic acid groups (broad SMARTS) is 1. The summed E-state index contributed by atoms with van der Waals surface area (Å²) in [5.41, 5.74) is 4.12. The number of ether oxygens (including phenoxy) is 1. The topological polar surface area (TPSA) is 95.9 Å². The Hall–Kier alpha value is -3.35. The number of aliphatic carboxylic acids is 1. The predicted molar refractivity (Wildman–Crippen MR) is 128 cm³/mol. The van der Waals surface area contributed by atoms with Crippen LogP contribution in [0.15, 0.2) is 48.5 Å². The quantitative estimate of drug-likeness (QED) is 0.643. The Bertz CT molecular complexity index is 1050. The number of carbonyl (C=O) groups excluding carboxylic acids is 2. The van der Waals surface area contributed by atoms with Gasteiger partial charge in [-0.1, -0.05) is 69.3 Å². The lowest BCUT2D eigenvalue weighted by Gasteiger charge is -2.24. The number of nitrogens with one attached hydrogen (secondary N) is 1. The fraction of sp³-hybridized carbons (Fsp3) is 0.444. The van der Waals surface area contributed by atoms with Gasteiger partial charge in [0.2, 0.25) is 5.91 Å². The van der Waals surface area contributed by atoms with E-state index in [9.17, 15) is 19.5 Å². The highest BCUT2D eigenvalue weighted by atomic mass is 16.5. The van der Waals surface area contributed by atoms with Crippen molar-refractivity contribution in [3.8, 4) is 11.1 Å². The molecule has 2 aromatic carbocycles. The van der Waals surface area contributed by atoms with Crippen molar-refractivity contribution >= 4 is 18.0 Å². The molecule has 2 aromatic rings. The van der Waals surface area contributed by atoms with E-state index in [0.29, 0.717) is 13.0 Å². The van der Waals surface area contributed by atoms with E-state index in [0.717, 1.165) is 22.3 Å². The predicted octanol–water partition coefficient (Wildman–Crippen LogP) is 4.12. The summed E-state index contributed by atoms with van der Waals surface area (Å²) in [6, 6.07) is 16.3. The Balaban J connectivity index is 1.33. The molecule has 1 heterocycles. The summed E-state index contributed by atoms with van der Waals surface area (Å²) < 4.78 is 5.57. The lowest BCUT2D eigenvalue weighted by molar-refractivity contribution is -0.144. The second kappa shape index (κ2) is 9.49. The molecule has 7 heteroatoms. The maximum absolute atomic E-state index is 13.0. The van der Waals surface area contributed by atoms with Crippen LogP contribution in [-0.2, 0) is 14.3 Å². The minimum absolute atomic E-state index is 0.0264. The summed E-state index contributed by atoms with van der Waals surface area (Å²) in [5.74, 6) is -2.06. The van der Waals surface area contributed by atoms with E-state index in [1.54, 1.807) is 4.90 Å². The van der Waals surface area contributed by atoms with Crippen LogP contribution in [0.1, 0.15) is 44.2 Å². The van der Waals surface area contributed by atoms with Crippen molar-refractivity contribution in [2.45, 2.75) is 33.1 Å². The van der Waals surface area contributed by atoms with E-state index >= 15 is 0 Å². The lowest BCUT2D eigenvalue weighted by atomic mass is 9.82. The van der Waals surface area contributed by atoms with Gasteiger partial charge in [-0.3, -0.25) is 9.59 Å². The summed E-state index contributed by atoms with van der Waals surface area (Å²) in [4.78, 5) is 38.7. The highest BCUT2D eigenvalue weighted by Gasteiger charge is 2.46. The molecule has 2 aliphatic rings. The first-order chi connectivity index (χ1) is 16.2. The fourth-order valence-electron chi connectivity index (χ4n) is 5.23. The monoisotopic (exact) mass is 464 g/mol. The lowest BCUT2D eigenvalue weighted by Crippen LogP contribution is -2.41. The van der Waals surface area contributed by atoms with Crippen LogP contribution in [0.25, 0.3) is 11.1 Å². The molecular weight excluding hydrogens is 432 g/mol. The molecule has 0 radical (unpaired) electrons. The van der Waals surface area contributed by atoms with Gasteiger partial charge in [0.15, 0.2) is 0 Å². The number of hydrogen-bond acceptors (Lipinski definition) is 4. The van der Waals surface area contributed by atoms with Gasteiger partial charge in [-0.05, 0) is 34.1 Å². The van der Waals surface area contributed by atoms with Gasteiger partial charge in [0.05, 0.1) is 11.8 Å². The normalized spacial score (nSPS) is 19.3. The van der Waals surface area contributed by atoms with Crippen molar-refractivity contribution in [3.05, 3.63) is 59.7 Å². The van der Waals surface area contributed by atoms with Crippen LogP contribution in [0.5, 0.6) is 0 Å². The third kappa shape index (κ3) is 4.52. The maximum Gasteiger partial charge on any atom is 0.407 e. The van der Waals surface area contributed by atoms with Gasteiger partial charge >= 0.3 is 12.1 Å². The molecule has 2 amide bonds. The number of likely N-dealkylation sites (tertiary alicyclic amines) is 1. The largest absolute Gasteiger partial charge is 0.481 e. The van der Waals surface area contributed by atoms with E-state index < -0.39 is 29.3 Å². The SMILES string of the molecule is CCC(CNC(=O)OCC1c2ccccc2-c2ccccc21)C(=O)N1CC(C(=O)O)C(C)(C)C1. The Morgan fingerprint density at radius 2 is 1.68 bits per heavy atom. The third-order valence-corrected chi connectivity index (χ3v) is 7.23. The standard InChI is InChI=1S/C27H32N2O5/c1-4-17(24(30)29-14-23(25(31)32)27(2,3)16-29)13-28-26(33)34-15-22-20-11-7-5-9-18(20)19-10-6-8-12-21(19)22/h5-12,17,22-23H,4,13-16H2,1-3H3,(H,28,33)(H,31,32). The number of hydrogen-bond donors (Lipinski definition) is 2. The molecule has 1 fully saturated rings. The van der Waals surface area contributed by atoms with Crippen molar-refractivity contribution in [1.29, 1.82) is 0 Å². The van der Waals surface area contributed by atoms with Crippen LogP contribution < -0.4 is 5.32 Å². The molecule has 2 N–H and O–H groups in total. The van der Waals surface area contributed by atoms with Crippen molar-refractivity contribution in [2.75, 3.05) is 26.2 Å². The van der Waals surface area contributed by atoms with Gasteiger partial charge in [0, 0.05) is 25.6 Å². The molecule has 1 aliphatic carbocycles. The molecule has 1 saturated heterocycles. The van der Waals surface area contributed by atoms with Gasteiger partial charge in [-0.15, -0.1) is 0 Å². The number of carboxylic acids is 1.